The molecule has 2 aromatic carbocycles. The predicted molar refractivity (Wildman–Crippen MR) is 106 cm³/mol. The Kier molecular flexibility index (Phi) is 3.67. The average molecular weight is 342 g/mol. The van der Waals surface area contributed by atoms with Crippen LogP contribution < -0.4 is 0 Å². The Bertz CT molecular complexity index is 878. The quantitative estimate of drug-likeness (QED) is 0.598. The monoisotopic (exact) mass is 342 g/mol. The molecule has 132 valence electrons. The smallest absolute Gasteiger partial charge is 0.163 e. The topological polar surface area (TPSA) is 17.1 Å². The van der Waals surface area contributed by atoms with Gasteiger partial charge in [0.05, 0.1) is 0 Å². The molecule has 4 aliphatic rings. The molecule has 2 bridgehead atoms. The van der Waals surface area contributed by atoms with Gasteiger partial charge in [-0.3, -0.25) is 4.79 Å². The molecule has 26 heavy (non-hydrogen) atoms. The van der Waals surface area contributed by atoms with E-state index in [2.05, 4.69) is 61.5 Å². The van der Waals surface area contributed by atoms with Gasteiger partial charge >= 0.3 is 0 Å². The number of aryl methyl sites for hydroxylation is 1. The van der Waals surface area contributed by atoms with Crippen molar-refractivity contribution in [2.75, 3.05) is 0 Å². The molecule has 1 nitrogen and oxygen atoms in total. The van der Waals surface area contributed by atoms with Crippen LogP contribution in [0.1, 0.15) is 55.2 Å². The van der Waals surface area contributed by atoms with E-state index >= 15 is 0 Å². The lowest BCUT2D eigenvalue weighted by Gasteiger charge is -2.51. The maximum atomic E-state index is 13.6. The second kappa shape index (κ2) is 5.94. The standard InChI is InChI=1S/C25H26O/c1-25-15-7-12-20(24(26)22(25)16-17-8-3-2-4-9-17)23-19-11-6-5-10-18(19)13-14-21(23)25/h2-6,8-11,16,20-21,23H,7,12-15H2,1H3/b22-16+/t20-,21+,23+,25-/m1/s1. The van der Waals surface area contributed by atoms with Gasteiger partial charge in [-0.05, 0) is 65.7 Å². The number of Topliss-reactive ketones (excluding diaryl/α,β-unsaturated/α-hetero) is 1. The number of hydrogen-bond donors (Lipinski definition) is 0. The van der Waals surface area contributed by atoms with E-state index in [1.165, 1.54) is 24.0 Å². The van der Waals surface area contributed by atoms with Gasteiger partial charge in [0.1, 0.15) is 0 Å². The molecule has 0 N–H and O–H groups in total. The van der Waals surface area contributed by atoms with Crippen molar-refractivity contribution >= 4 is 11.9 Å². The van der Waals surface area contributed by atoms with E-state index in [0.29, 0.717) is 17.6 Å². The van der Waals surface area contributed by atoms with Crippen LogP contribution in [0.3, 0.4) is 0 Å². The fourth-order valence-electron chi connectivity index (χ4n) is 6.12. The molecule has 0 radical (unpaired) electrons. The zero-order chi connectivity index (χ0) is 17.7. The molecule has 2 aromatic rings. The van der Waals surface area contributed by atoms with Crippen molar-refractivity contribution in [3.8, 4) is 0 Å². The molecule has 3 fully saturated rings. The molecule has 0 amide bonds. The van der Waals surface area contributed by atoms with Gasteiger partial charge < -0.3 is 0 Å². The molecule has 6 rings (SSSR count). The zero-order valence-corrected chi connectivity index (χ0v) is 15.4. The maximum Gasteiger partial charge on any atom is 0.163 e. The summed E-state index contributed by atoms with van der Waals surface area (Å²) in [6, 6.07) is 19.3. The molecule has 3 saturated carbocycles. The fourth-order valence-corrected chi connectivity index (χ4v) is 6.12. The van der Waals surface area contributed by atoms with E-state index in [1.807, 2.05) is 6.07 Å². The highest BCUT2D eigenvalue weighted by Gasteiger charge is 2.56. The summed E-state index contributed by atoms with van der Waals surface area (Å²) in [5.41, 5.74) is 5.22. The Balaban J connectivity index is 1.67. The lowest BCUT2D eigenvalue weighted by atomic mass is 9.52. The molecule has 0 aliphatic heterocycles. The van der Waals surface area contributed by atoms with Gasteiger partial charge in [0.25, 0.3) is 0 Å². The molecule has 1 heteroatoms. The van der Waals surface area contributed by atoms with Crippen molar-refractivity contribution in [3.63, 3.8) is 0 Å². The first-order chi connectivity index (χ1) is 12.7. The van der Waals surface area contributed by atoms with Crippen molar-refractivity contribution in [1.29, 1.82) is 0 Å². The molecule has 0 spiro atoms. The third kappa shape index (κ3) is 2.26. The van der Waals surface area contributed by atoms with Crippen LogP contribution in [0, 0.1) is 17.3 Å². The number of benzene rings is 2. The highest BCUT2D eigenvalue weighted by molar-refractivity contribution is 6.04. The number of ketones is 1. The lowest BCUT2D eigenvalue weighted by molar-refractivity contribution is -0.124. The first kappa shape index (κ1) is 16.1. The minimum absolute atomic E-state index is 0.0120. The molecule has 4 atom stereocenters. The highest BCUT2D eigenvalue weighted by Crippen LogP contribution is 2.62. The Hall–Kier alpha value is -2.15. The number of rotatable bonds is 1. The van der Waals surface area contributed by atoms with Crippen LogP contribution in [0.2, 0.25) is 0 Å². The maximum absolute atomic E-state index is 13.6. The Morgan fingerprint density at radius 1 is 1.00 bits per heavy atom. The van der Waals surface area contributed by atoms with Crippen LogP contribution in [-0.4, -0.2) is 5.78 Å². The molecule has 0 heterocycles. The van der Waals surface area contributed by atoms with Gasteiger partial charge in [-0.25, -0.2) is 0 Å². The molecular weight excluding hydrogens is 316 g/mol. The largest absolute Gasteiger partial charge is 0.294 e. The summed E-state index contributed by atoms with van der Waals surface area (Å²) in [7, 11) is 0. The number of allylic oxidation sites excluding steroid dienone is 1. The molecule has 0 saturated heterocycles. The lowest BCUT2D eigenvalue weighted by Crippen LogP contribution is -2.46. The zero-order valence-electron chi connectivity index (χ0n) is 15.4. The molecule has 4 aliphatic carbocycles. The van der Waals surface area contributed by atoms with Gasteiger partial charge in [0, 0.05) is 11.5 Å². The number of carbonyl (C=O) groups is 1. The number of fused-ring (bicyclic) bond motifs is 4. The first-order valence-electron chi connectivity index (χ1n) is 10.1. The summed E-state index contributed by atoms with van der Waals surface area (Å²) >= 11 is 0. The minimum atomic E-state index is 0.0120. The van der Waals surface area contributed by atoms with Crippen molar-refractivity contribution in [1.82, 2.24) is 0 Å². The minimum Gasteiger partial charge on any atom is -0.294 e. The summed E-state index contributed by atoms with van der Waals surface area (Å²) in [6.45, 7) is 2.38. The Labute approximate surface area is 156 Å². The number of carbonyl (C=O) groups excluding carboxylic acids is 1. The summed E-state index contributed by atoms with van der Waals surface area (Å²) in [5.74, 6) is 1.62. The summed E-state index contributed by atoms with van der Waals surface area (Å²) < 4.78 is 0. The van der Waals surface area contributed by atoms with Crippen LogP contribution in [0.15, 0.2) is 60.2 Å². The predicted octanol–water partition coefficient (Wildman–Crippen LogP) is 5.81. The summed E-state index contributed by atoms with van der Waals surface area (Å²) in [5, 5.41) is 0. The molecular formula is C25H26O. The Morgan fingerprint density at radius 2 is 1.77 bits per heavy atom. The average Bonchev–Trinajstić information content (AvgIpc) is 2.90. The van der Waals surface area contributed by atoms with Crippen LogP contribution >= 0.6 is 0 Å². The van der Waals surface area contributed by atoms with E-state index in [1.54, 1.807) is 0 Å². The van der Waals surface area contributed by atoms with Crippen molar-refractivity contribution in [2.24, 2.45) is 17.3 Å². The van der Waals surface area contributed by atoms with Crippen LogP contribution in [-0.2, 0) is 11.2 Å². The van der Waals surface area contributed by atoms with Gasteiger partial charge in [0.15, 0.2) is 5.78 Å². The van der Waals surface area contributed by atoms with Crippen molar-refractivity contribution in [2.45, 2.75) is 44.9 Å². The van der Waals surface area contributed by atoms with E-state index in [4.69, 9.17) is 0 Å². The van der Waals surface area contributed by atoms with Crippen molar-refractivity contribution < 1.29 is 4.79 Å². The van der Waals surface area contributed by atoms with Crippen molar-refractivity contribution in [3.05, 3.63) is 76.9 Å². The normalized spacial score (nSPS) is 34.3. The Morgan fingerprint density at radius 3 is 2.62 bits per heavy atom. The van der Waals surface area contributed by atoms with Crippen LogP contribution in [0.25, 0.3) is 6.08 Å². The SMILES string of the molecule is C[C@]12CCC[C@@H](C(=O)/C1=C\c1ccccc1)[C@@H]1c3ccccc3CC[C@@H]12. The van der Waals surface area contributed by atoms with E-state index in [0.717, 1.165) is 30.4 Å². The first-order valence-corrected chi connectivity index (χ1v) is 10.1. The molecule has 0 aromatic heterocycles. The van der Waals surface area contributed by atoms with E-state index < -0.39 is 0 Å². The van der Waals surface area contributed by atoms with E-state index in [9.17, 15) is 4.79 Å². The number of hydrogen-bond acceptors (Lipinski definition) is 1. The molecule has 0 unspecified atom stereocenters. The van der Waals surface area contributed by atoms with Gasteiger partial charge in [0.2, 0.25) is 0 Å². The second-order valence-electron chi connectivity index (χ2n) is 8.62. The van der Waals surface area contributed by atoms with Gasteiger partial charge in [-0.15, -0.1) is 0 Å². The third-order valence-electron chi connectivity index (χ3n) is 7.36. The third-order valence-corrected chi connectivity index (χ3v) is 7.36. The van der Waals surface area contributed by atoms with Gasteiger partial charge in [-0.2, -0.15) is 0 Å². The van der Waals surface area contributed by atoms with E-state index in [-0.39, 0.29) is 11.3 Å². The van der Waals surface area contributed by atoms with Gasteiger partial charge in [-0.1, -0.05) is 67.9 Å². The summed E-state index contributed by atoms with van der Waals surface area (Å²) in [6.07, 6.45) is 7.96. The second-order valence-corrected chi connectivity index (χ2v) is 8.62. The van der Waals surface area contributed by atoms with Crippen LogP contribution in [0.5, 0.6) is 0 Å². The highest BCUT2D eigenvalue weighted by atomic mass is 16.1. The van der Waals surface area contributed by atoms with Crippen LogP contribution in [0.4, 0.5) is 0 Å². The fraction of sp³-hybridized carbons (Fsp3) is 0.400. The summed E-state index contributed by atoms with van der Waals surface area (Å²) in [4.78, 5) is 13.6.